The van der Waals surface area contributed by atoms with Crippen LogP contribution in [0.5, 0.6) is 0 Å². The third-order valence-electron chi connectivity index (χ3n) is 3.88. The van der Waals surface area contributed by atoms with Gasteiger partial charge in [0.2, 0.25) is 0 Å². The highest BCUT2D eigenvalue weighted by atomic mass is 16.5. The van der Waals surface area contributed by atoms with Crippen LogP contribution in [0.2, 0.25) is 0 Å². The minimum atomic E-state index is 0.370. The van der Waals surface area contributed by atoms with Gasteiger partial charge in [0, 0.05) is 31.7 Å². The standard InChI is InChI=1S/C14H23N3O2/c1-17-6-4-13(5-7-17)18-10-14-8-12(16-19-14)9-15-11-2-3-11/h8,11,13,15H,2-7,9-10H2,1H3. The summed E-state index contributed by atoms with van der Waals surface area (Å²) in [6.07, 6.45) is 5.18. The van der Waals surface area contributed by atoms with Gasteiger partial charge in [-0.15, -0.1) is 0 Å². The molecule has 0 spiro atoms. The van der Waals surface area contributed by atoms with Gasteiger partial charge < -0.3 is 19.5 Å². The van der Waals surface area contributed by atoms with Crippen LogP contribution < -0.4 is 5.32 Å². The molecule has 1 N–H and O–H groups in total. The van der Waals surface area contributed by atoms with Gasteiger partial charge in [0.15, 0.2) is 5.76 Å². The van der Waals surface area contributed by atoms with Crippen LogP contribution >= 0.6 is 0 Å². The third-order valence-corrected chi connectivity index (χ3v) is 3.88. The lowest BCUT2D eigenvalue weighted by Gasteiger charge is -2.28. The van der Waals surface area contributed by atoms with Crippen molar-refractivity contribution in [2.24, 2.45) is 0 Å². The summed E-state index contributed by atoms with van der Waals surface area (Å²) in [5, 5.41) is 7.49. The largest absolute Gasteiger partial charge is 0.370 e. The van der Waals surface area contributed by atoms with Crippen molar-refractivity contribution in [2.45, 2.75) is 51.0 Å². The molecule has 0 radical (unpaired) electrons. The summed E-state index contributed by atoms with van der Waals surface area (Å²) in [5.74, 6) is 0.839. The van der Waals surface area contributed by atoms with Crippen LogP contribution in [0.1, 0.15) is 37.1 Å². The Morgan fingerprint density at radius 1 is 1.37 bits per heavy atom. The Morgan fingerprint density at radius 2 is 2.16 bits per heavy atom. The zero-order chi connectivity index (χ0) is 13.1. The average molecular weight is 265 g/mol. The van der Waals surface area contributed by atoms with E-state index in [9.17, 15) is 0 Å². The molecule has 1 aromatic heterocycles. The van der Waals surface area contributed by atoms with E-state index in [1.165, 1.54) is 12.8 Å². The van der Waals surface area contributed by atoms with Crippen molar-refractivity contribution < 1.29 is 9.26 Å². The predicted molar refractivity (Wildman–Crippen MR) is 71.7 cm³/mol. The molecule has 3 rings (SSSR count). The molecule has 2 fully saturated rings. The Hall–Kier alpha value is -0.910. The summed E-state index contributed by atoms with van der Waals surface area (Å²) >= 11 is 0. The molecular weight excluding hydrogens is 242 g/mol. The molecule has 0 amide bonds. The third kappa shape index (κ3) is 4.03. The van der Waals surface area contributed by atoms with Crippen LogP contribution in [0.4, 0.5) is 0 Å². The first kappa shape index (κ1) is 13.1. The van der Waals surface area contributed by atoms with Gasteiger partial charge in [-0.05, 0) is 32.7 Å². The molecule has 1 aromatic rings. The van der Waals surface area contributed by atoms with Gasteiger partial charge in [-0.25, -0.2) is 0 Å². The lowest BCUT2D eigenvalue weighted by Crippen LogP contribution is -2.34. The van der Waals surface area contributed by atoms with E-state index in [4.69, 9.17) is 9.26 Å². The molecule has 1 aliphatic carbocycles. The van der Waals surface area contributed by atoms with Crippen LogP contribution in [0.25, 0.3) is 0 Å². The van der Waals surface area contributed by atoms with E-state index < -0.39 is 0 Å². The summed E-state index contributed by atoms with van der Waals surface area (Å²) in [6, 6.07) is 2.71. The second-order valence-electron chi connectivity index (χ2n) is 5.75. The maximum absolute atomic E-state index is 5.89. The molecule has 0 bridgehead atoms. The highest BCUT2D eigenvalue weighted by molar-refractivity contribution is 5.05. The second kappa shape index (κ2) is 6.03. The van der Waals surface area contributed by atoms with Crippen molar-refractivity contribution in [3.8, 4) is 0 Å². The Kier molecular flexibility index (Phi) is 4.15. The molecule has 2 aliphatic rings. The van der Waals surface area contributed by atoms with E-state index in [1.807, 2.05) is 6.07 Å². The topological polar surface area (TPSA) is 50.5 Å². The molecular formula is C14H23N3O2. The molecule has 0 atom stereocenters. The van der Waals surface area contributed by atoms with Crippen LogP contribution in [-0.4, -0.2) is 42.3 Å². The zero-order valence-corrected chi connectivity index (χ0v) is 11.6. The van der Waals surface area contributed by atoms with Crippen LogP contribution in [0.3, 0.4) is 0 Å². The molecule has 19 heavy (non-hydrogen) atoms. The Morgan fingerprint density at radius 3 is 2.89 bits per heavy atom. The monoisotopic (exact) mass is 265 g/mol. The number of hydrogen-bond donors (Lipinski definition) is 1. The highest BCUT2D eigenvalue weighted by Crippen LogP contribution is 2.19. The van der Waals surface area contributed by atoms with Crippen molar-refractivity contribution >= 4 is 0 Å². The lowest BCUT2D eigenvalue weighted by atomic mass is 10.1. The Bertz CT molecular complexity index is 395. The fraction of sp³-hybridized carbons (Fsp3) is 0.786. The van der Waals surface area contributed by atoms with Gasteiger partial charge in [0.1, 0.15) is 6.61 Å². The molecule has 0 aromatic carbocycles. The maximum atomic E-state index is 5.89. The molecule has 106 valence electrons. The van der Waals surface area contributed by atoms with E-state index in [2.05, 4.69) is 22.4 Å². The number of nitrogens with one attached hydrogen (secondary N) is 1. The Labute approximate surface area is 114 Å². The number of rotatable bonds is 6. The summed E-state index contributed by atoms with van der Waals surface area (Å²) in [6.45, 7) is 3.60. The van der Waals surface area contributed by atoms with Crippen molar-refractivity contribution in [2.75, 3.05) is 20.1 Å². The van der Waals surface area contributed by atoms with Crippen molar-refractivity contribution in [3.63, 3.8) is 0 Å². The fourth-order valence-corrected chi connectivity index (χ4v) is 2.40. The summed E-state index contributed by atoms with van der Waals surface area (Å²) in [7, 11) is 2.16. The van der Waals surface area contributed by atoms with Crippen molar-refractivity contribution in [1.29, 1.82) is 0 Å². The van der Waals surface area contributed by atoms with Crippen LogP contribution in [0, 0.1) is 0 Å². The molecule has 2 heterocycles. The van der Waals surface area contributed by atoms with Gasteiger partial charge in [0.25, 0.3) is 0 Å². The minimum absolute atomic E-state index is 0.370. The summed E-state index contributed by atoms with van der Waals surface area (Å²) in [5.41, 5.74) is 0.980. The van der Waals surface area contributed by atoms with E-state index in [0.717, 1.165) is 43.9 Å². The first-order valence-electron chi connectivity index (χ1n) is 7.27. The predicted octanol–water partition coefficient (Wildman–Crippen LogP) is 1.54. The van der Waals surface area contributed by atoms with E-state index in [1.54, 1.807) is 0 Å². The molecule has 5 nitrogen and oxygen atoms in total. The second-order valence-corrected chi connectivity index (χ2v) is 5.75. The average Bonchev–Trinajstić information content (AvgIpc) is 3.15. The van der Waals surface area contributed by atoms with Gasteiger partial charge in [0.05, 0.1) is 11.8 Å². The SMILES string of the molecule is CN1CCC(OCc2cc(CNC3CC3)no2)CC1. The quantitative estimate of drug-likeness (QED) is 0.845. The zero-order valence-electron chi connectivity index (χ0n) is 11.6. The van der Waals surface area contributed by atoms with Crippen molar-refractivity contribution in [3.05, 3.63) is 17.5 Å². The molecule has 0 unspecified atom stereocenters. The first-order chi connectivity index (χ1) is 9.29. The minimum Gasteiger partial charge on any atom is -0.370 e. The van der Waals surface area contributed by atoms with Gasteiger partial charge in [-0.3, -0.25) is 0 Å². The number of piperidine rings is 1. The Balaban J connectivity index is 1.39. The van der Waals surface area contributed by atoms with Crippen molar-refractivity contribution in [1.82, 2.24) is 15.4 Å². The molecule has 1 saturated heterocycles. The highest BCUT2D eigenvalue weighted by Gasteiger charge is 2.21. The number of aromatic nitrogens is 1. The van der Waals surface area contributed by atoms with Crippen LogP contribution in [0.15, 0.2) is 10.6 Å². The number of nitrogens with zero attached hydrogens (tertiary/aromatic N) is 2. The number of likely N-dealkylation sites (tertiary alicyclic amines) is 1. The van der Waals surface area contributed by atoms with E-state index >= 15 is 0 Å². The summed E-state index contributed by atoms with van der Waals surface area (Å²) < 4.78 is 11.2. The maximum Gasteiger partial charge on any atom is 0.162 e. The van der Waals surface area contributed by atoms with Crippen LogP contribution in [-0.2, 0) is 17.9 Å². The van der Waals surface area contributed by atoms with Gasteiger partial charge >= 0.3 is 0 Å². The fourth-order valence-electron chi connectivity index (χ4n) is 2.40. The van der Waals surface area contributed by atoms with Gasteiger partial charge in [-0.2, -0.15) is 0 Å². The molecule has 1 saturated carbocycles. The molecule has 5 heteroatoms. The smallest absolute Gasteiger partial charge is 0.162 e. The molecule has 1 aliphatic heterocycles. The lowest BCUT2D eigenvalue weighted by molar-refractivity contribution is -0.00652. The summed E-state index contributed by atoms with van der Waals surface area (Å²) in [4.78, 5) is 2.34. The normalized spacial score (nSPS) is 21.9. The van der Waals surface area contributed by atoms with E-state index in [-0.39, 0.29) is 0 Å². The van der Waals surface area contributed by atoms with Gasteiger partial charge in [-0.1, -0.05) is 5.16 Å². The number of ether oxygens (including phenoxy) is 1. The number of hydrogen-bond acceptors (Lipinski definition) is 5. The van der Waals surface area contributed by atoms with E-state index in [0.29, 0.717) is 18.8 Å². The first-order valence-corrected chi connectivity index (χ1v) is 7.27.